The molecule has 0 bridgehead atoms. The summed E-state index contributed by atoms with van der Waals surface area (Å²) in [4.78, 5) is 11.0. The van der Waals surface area contributed by atoms with Crippen molar-refractivity contribution in [2.45, 2.75) is 38.6 Å². The molecule has 0 aromatic heterocycles. The average Bonchev–Trinajstić information content (AvgIpc) is 2.68. The monoisotopic (exact) mass is 201 g/mol. The third-order valence-electron chi connectivity index (χ3n) is 2.28. The zero-order valence-corrected chi connectivity index (χ0v) is 8.75. The predicted molar refractivity (Wildman–Crippen MR) is 53.2 cm³/mol. The fraction of sp³-hybridized carbons (Fsp3) is 0.900. The molecule has 0 radical (unpaired) electrons. The van der Waals surface area contributed by atoms with Crippen molar-refractivity contribution in [1.82, 2.24) is 5.32 Å². The second-order valence-corrected chi connectivity index (χ2v) is 3.56. The van der Waals surface area contributed by atoms with Crippen molar-refractivity contribution in [3.63, 3.8) is 0 Å². The van der Waals surface area contributed by atoms with Gasteiger partial charge in [0.1, 0.15) is 6.61 Å². The van der Waals surface area contributed by atoms with Crippen molar-refractivity contribution in [3.05, 3.63) is 0 Å². The van der Waals surface area contributed by atoms with Gasteiger partial charge in [0, 0.05) is 6.04 Å². The first-order chi connectivity index (χ1) is 6.83. The number of nitrogens with one attached hydrogen (secondary N) is 1. The van der Waals surface area contributed by atoms with Crippen LogP contribution in [0.3, 0.4) is 0 Å². The van der Waals surface area contributed by atoms with Crippen molar-refractivity contribution in [2.75, 3.05) is 19.8 Å². The van der Waals surface area contributed by atoms with Gasteiger partial charge in [-0.05, 0) is 25.8 Å². The second kappa shape index (κ2) is 6.65. The Hall–Kier alpha value is -0.770. The third kappa shape index (κ3) is 4.46. The molecule has 0 unspecified atom stereocenters. The van der Waals surface area contributed by atoms with Gasteiger partial charge in [0.15, 0.2) is 0 Å². The number of unbranched alkanes of at least 4 members (excludes halogenated alkanes) is 1. The Morgan fingerprint density at radius 2 is 2.36 bits per heavy atom. The minimum atomic E-state index is -0.535. The Labute approximate surface area is 85.0 Å². The summed E-state index contributed by atoms with van der Waals surface area (Å²) < 4.78 is 9.80. The SMILES string of the molecule is CCCCOC(=O)OC[C@@H]1CCCN1. The van der Waals surface area contributed by atoms with Crippen LogP contribution in [-0.4, -0.2) is 32.0 Å². The molecule has 1 aliphatic heterocycles. The Balaban J connectivity index is 1.96. The van der Waals surface area contributed by atoms with Crippen molar-refractivity contribution in [2.24, 2.45) is 0 Å². The molecule has 1 saturated heterocycles. The third-order valence-corrected chi connectivity index (χ3v) is 2.28. The molecule has 0 aliphatic carbocycles. The van der Waals surface area contributed by atoms with Gasteiger partial charge in [-0.15, -0.1) is 0 Å². The van der Waals surface area contributed by atoms with E-state index < -0.39 is 6.16 Å². The largest absolute Gasteiger partial charge is 0.508 e. The van der Waals surface area contributed by atoms with Gasteiger partial charge in [0.25, 0.3) is 0 Å². The van der Waals surface area contributed by atoms with Crippen LogP contribution in [0.2, 0.25) is 0 Å². The second-order valence-electron chi connectivity index (χ2n) is 3.56. The summed E-state index contributed by atoms with van der Waals surface area (Å²) in [7, 11) is 0. The van der Waals surface area contributed by atoms with E-state index in [9.17, 15) is 4.79 Å². The van der Waals surface area contributed by atoms with Crippen LogP contribution in [0.4, 0.5) is 4.79 Å². The standard InChI is InChI=1S/C10H19NO3/c1-2-3-7-13-10(12)14-8-9-5-4-6-11-9/h9,11H,2-8H2,1H3/t9-/m0/s1. The van der Waals surface area contributed by atoms with Gasteiger partial charge >= 0.3 is 6.16 Å². The molecule has 82 valence electrons. The minimum Gasteiger partial charge on any atom is -0.434 e. The van der Waals surface area contributed by atoms with Crippen molar-refractivity contribution >= 4 is 6.16 Å². The highest BCUT2D eigenvalue weighted by molar-refractivity contribution is 5.59. The number of carbonyl (C=O) groups excluding carboxylic acids is 1. The van der Waals surface area contributed by atoms with Crippen LogP contribution in [0.5, 0.6) is 0 Å². The van der Waals surface area contributed by atoms with Crippen LogP contribution >= 0.6 is 0 Å². The van der Waals surface area contributed by atoms with E-state index in [4.69, 9.17) is 9.47 Å². The first-order valence-corrected chi connectivity index (χ1v) is 5.36. The van der Waals surface area contributed by atoms with E-state index in [1.54, 1.807) is 0 Å². The van der Waals surface area contributed by atoms with Crippen LogP contribution < -0.4 is 5.32 Å². The van der Waals surface area contributed by atoms with E-state index in [1.165, 1.54) is 6.42 Å². The van der Waals surface area contributed by atoms with Crippen molar-refractivity contribution in [1.29, 1.82) is 0 Å². The first kappa shape index (κ1) is 11.3. The molecule has 1 atom stereocenters. The first-order valence-electron chi connectivity index (χ1n) is 5.36. The maximum absolute atomic E-state index is 11.0. The van der Waals surface area contributed by atoms with Crippen molar-refractivity contribution in [3.8, 4) is 0 Å². The summed E-state index contributed by atoms with van der Waals surface area (Å²) in [5.41, 5.74) is 0. The molecular weight excluding hydrogens is 182 g/mol. The van der Waals surface area contributed by atoms with E-state index >= 15 is 0 Å². The molecule has 14 heavy (non-hydrogen) atoms. The van der Waals surface area contributed by atoms with Crippen LogP contribution in [0.15, 0.2) is 0 Å². The molecular formula is C10H19NO3. The molecule has 4 nitrogen and oxygen atoms in total. The van der Waals surface area contributed by atoms with E-state index in [0.29, 0.717) is 19.3 Å². The Kier molecular flexibility index (Phi) is 5.37. The lowest BCUT2D eigenvalue weighted by atomic mass is 10.2. The smallest absolute Gasteiger partial charge is 0.434 e. The fourth-order valence-electron chi connectivity index (χ4n) is 1.41. The van der Waals surface area contributed by atoms with Gasteiger partial charge < -0.3 is 14.8 Å². The lowest BCUT2D eigenvalue weighted by molar-refractivity contribution is 0.0491. The van der Waals surface area contributed by atoms with Crippen LogP contribution in [0.25, 0.3) is 0 Å². The number of carbonyl (C=O) groups is 1. The molecule has 1 fully saturated rings. The average molecular weight is 201 g/mol. The van der Waals surface area contributed by atoms with Crippen LogP contribution in [-0.2, 0) is 9.47 Å². The topological polar surface area (TPSA) is 47.6 Å². The maximum Gasteiger partial charge on any atom is 0.508 e. The number of ether oxygens (including phenoxy) is 2. The van der Waals surface area contributed by atoms with Crippen LogP contribution in [0.1, 0.15) is 32.6 Å². The van der Waals surface area contributed by atoms with E-state index in [0.717, 1.165) is 25.8 Å². The Morgan fingerprint density at radius 1 is 1.50 bits per heavy atom. The highest BCUT2D eigenvalue weighted by Crippen LogP contribution is 2.05. The summed E-state index contributed by atoms with van der Waals surface area (Å²) in [6, 6.07) is 0.328. The summed E-state index contributed by atoms with van der Waals surface area (Å²) in [6.07, 6.45) is 3.64. The van der Waals surface area contributed by atoms with E-state index in [2.05, 4.69) is 12.2 Å². The zero-order chi connectivity index (χ0) is 10.2. The molecule has 0 aromatic carbocycles. The van der Waals surface area contributed by atoms with E-state index in [-0.39, 0.29) is 0 Å². The van der Waals surface area contributed by atoms with Gasteiger partial charge in [-0.25, -0.2) is 4.79 Å². The summed E-state index contributed by atoms with van der Waals surface area (Å²) in [5, 5.41) is 3.25. The summed E-state index contributed by atoms with van der Waals surface area (Å²) in [5.74, 6) is 0. The lowest BCUT2D eigenvalue weighted by Gasteiger charge is -2.10. The molecule has 1 heterocycles. The van der Waals surface area contributed by atoms with Gasteiger partial charge in [-0.3, -0.25) is 0 Å². The van der Waals surface area contributed by atoms with Crippen molar-refractivity contribution < 1.29 is 14.3 Å². The normalized spacial score (nSPS) is 20.8. The highest BCUT2D eigenvalue weighted by atomic mass is 16.7. The molecule has 1 rings (SSSR count). The summed E-state index contributed by atoms with van der Waals surface area (Å²) >= 11 is 0. The molecule has 0 spiro atoms. The molecule has 1 aliphatic rings. The number of hydrogen-bond donors (Lipinski definition) is 1. The maximum atomic E-state index is 11.0. The van der Waals surface area contributed by atoms with Crippen LogP contribution in [0, 0.1) is 0 Å². The molecule has 4 heteroatoms. The molecule has 0 aromatic rings. The highest BCUT2D eigenvalue weighted by Gasteiger charge is 2.16. The molecule has 1 N–H and O–H groups in total. The minimum absolute atomic E-state index is 0.328. The van der Waals surface area contributed by atoms with Gasteiger partial charge in [0.05, 0.1) is 6.61 Å². The Bertz CT molecular complexity index is 167. The molecule has 0 saturated carbocycles. The van der Waals surface area contributed by atoms with Gasteiger partial charge in [0.2, 0.25) is 0 Å². The zero-order valence-electron chi connectivity index (χ0n) is 8.75. The number of rotatable bonds is 5. The quantitative estimate of drug-likeness (QED) is 0.543. The Morgan fingerprint density at radius 3 is 3.00 bits per heavy atom. The predicted octanol–water partition coefficient (Wildman–Crippen LogP) is 1.69. The lowest BCUT2D eigenvalue weighted by Crippen LogP contribution is -2.28. The summed E-state index contributed by atoms with van der Waals surface area (Å²) in [6.45, 7) is 3.98. The van der Waals surface area contributed by atoms with Gasteiger partial charge in [-0.1, -0.05) is 13.3 Å². The van der Waals surface area contributed by atoms with Gasteiger partial charge in [-0.2, -0.15) is 0 Å². The van der Waals surface area contributed by atoms with E-state index in [1.807, 2.05) is 0 Å². The molecule has 0 amide bonds. The number of hydrogen-bond acceptors (Lipinski definition) is 4. The fourth-order valence-corrected chi connectivity index (χ4v) is 1.41.